The Kier molecular flexibility index (Phi) is 6.10. The summed E-state index contributed by atoms with van der Waals surface area (Å²) < 4.78 is 39.4. The van der Waals surface area contributed by atoms with Gasteiger partial charge in [-0.3, -0.25) is 4.90 Å². The molecule has 27 heavy (non-hydrogen) atoms. The molecule has 0 bridgehead atoms. The molecule has 9 heteroatoms. The van der Waals surface area contributed by atoms with Crippen LogP contribution in [0.2, 0.25) is 0 Å². The SMILES string of the molecule is CN(C)c1cc(C(F)(F)F)nc(NC2CCN(C3CCCCC3O)CC2)n1. The maximum absolute atomic E-state index is 13.1. The van der Waals surface area contributed by atoms with Crippen LogP contribution in [0.5, 0.6) is 0 Å². The third kappa shape index (κ3) is 5.01. The van der Waals surface area contributed by atoms with Crippen LogP contribution in [0.4, 0.5) is 24.9 Å². The Hall–Kier alpha value is -1.61. The molecule has 2 N–H and O–H groups in total. The normalized spacial score (nSPS) is 25.4. The van der Waals surface area contributed by atoms with Crippen LogP contribution in [0.25, 0.3) is 0 Å². The molecular formula is C18H28F3N5O. The Morgan fingerprint density at radius 1 is 1.11 bits per heavy atom. The number of anilines is 2. The quantitative estimate of drug-likeness (QED) is 0.828. The monoisotopic (exact) mass is 387 g/mol. The Labute approximate surface area is 157 Å². The molecule has 2 atom stereocenters. The van der Waals surface area contributed by atoms with Gasteiger partial charge < -0.3 is 15.3 Å². The lowest BCUT2D eigenvalue weighted by atomic mass is 9.89. The number of aliphatic hydroxyl groups is 1. The van der Waals surface area contributed by atoms with Crippen molar-refractivity contribution in [2.75, 3.05) is 37.4 Å². The number of hydrogen-bond acceptors (Lipinski definition) is 6. The van der Waals surface area contributed by atoms with Gasteiger partial charge in [0.1, 0.15) is 5.82 Å². The lowest BCUT2D eigenvalue weighted by Crippen LogP contribution is -2.50. The van der Waals surface area contributed by atoms with Crippen molar-refractivity contribution < 1.29 is 18.3 Å². The van der Waals surface area contributed by atoms with E-state index in [4.69, 9.17) is 0 Å². The largest absolute Gasteiger partial charge is 0.433 e. The van der Waals surface area contributed by atoms with Gasteiger partial charge in [0.2, 0.25) is 5.95 Å². The summed E-state index contributed by atoms with van der Waals surface area (Å²) in [6.07, 6.45) is 0.904. The molecule has 1 aromatic heterocycles. The molecule has 0 spiro atoms. The number of aliphatic hydroxyl groups excluding tert-OH is 1. The third-order valence-corrected chi connectivity index (χ3v) is 5.49. The zero-order valence-corrected chi connectivity index (χ0v) is 15.8. The number of nitrogens with one attached hydrogen (secondary N) is 1. The highest BCUT2D eigenvalue weighted by molar-refractivity contribution is 5.44. The topological polar surface area (TPSA) is 64.5 Å². The summed E-state index contributed by atoms with van der Waals surface area (Å²) in [6, 6.07) is 1.20. The molecule has 2 heterocycles. The summed E-state index contributed by atoms with van der Waals surface area (Å²) in [5.74, 6) is 0.243. The van der Waals surface area contributed by atoms with E-state index in [1.807, 2.05) is 0 Å². The first-order valence-electron chi connectivity index (χ1n) is 9.56. The van der Waals surface area contributed by atoms with Gasteiger partial charge in [0, 0.05) is 45.3 Å². The molecule has 0 radical (unpaired) electrons. The number of hydrogen-bond donors (Lipinski definition) is 2. The lowest BCUT2D eigenvalue weighted by Gasteiger charge is -2.41. The standard InChI is InChI=1S/C18H28F3N5O/c1-25(2)16-11-15(18(19,20)21)23-17(24-16)22-12-7-9-26(10-8-12)13-5-3-4-6-14(13)27/h11-14,27H,3-10H2,1-2H3,(H,22,23,24). The van der Waals surface area contributed by atoms with Crippen LogP contribution < -0.4 is 10.2 Å². The molecule has 6 nitrogen and oxygen atoms in total. The number of aromatic nitrogens is 2. The van der Waals surface area contributed by atoms with Crippen LogP contribution in [0.1, 0.15) is 44.2 Å². The van der Waals surface area contributed by atoms with Gasteiger partial charge >= 0.3 is 6.18 Å². The minimum Gasteiger partial charge on any atom is -0.391 e. The zero-order chi connectivity index (χ0) is 19.6. The van der Waals surface area contributed by atoms with E-state index in [1.165, 1.54) is 4.90 Å². The van der Waals surface area contributed by atoms with Crippen molar-refractivity contribution in [3.8, 4) is 0 Å². The molecule has 2 aliphatic rings. The molecule has 2 unspecified atom stereocenters. The van der Waals surface area contributed by atoms with Crippen molar-refractivity contribution in [2.24, 2.45) is 0 Å². The van der Waals surface area contributed by atoms with Gasteiger partial charge in [-0.05, 0) is 25.7 Å². The Bertz CT molecular complexity index is 632. The van der Waals surface area contributed by atoms with Crippen LogP contribution >= 0.6 is 0 Å². The second-order valence-corrected chi connectivity index (χ2v) is 7.70. The van der Waals surface area contributed by atoms with Gasteiger partial charge in [-0.2, -0.15) is 18.2 Å². The highest BCUT2D eigenvalue weighted by atomic mass is 19.4. The number of nitrogens with zero attached hydrogens (tertiary/aromatic N) is 4. The van der Waals surface area contributed by atoms with Gasteiger partial charge in [-0.1, -0.05) is 12.8 Å². The number of halogens is 3. The number of piperidine rings is 1. The van der Waals surface area contributed by atoms with Gasteiger partial charge in [-0.25, -0.2) is 4.98 Å². The van der Waals surface area contributed by atoms with E-state index in [1.54, 1.807) is 14.1 Å². The minimum atomic E-state index is -4.51. The van der Waals surface area contributed by atoms with Gasteiger partial charge in [0.15, 0.2) is 5.69 Å². The van der Waals surface area contributed by atoms with E-state index < -0.39 is 11.9 Å². The molecule has 3 rings (SSSR count). The molecule has 0 aromatic carbocycles. The van der Waals surface area contributed by atoms with Gasteiger partial charge in [-0.15, -0.1) is 0 Å². The summed E-state index contributed by atoms with van der Waals surface area (Å²) in [4.78, 5) is 11.7. The molecule has 1 aliphatic heterocycles. The van der Waals surface area contributed by atoms with Crippen molar-refractivity contribution in [1.82, 2.24) is 14.9 Å². The van der Waals surface area contributed by atoms with Crippen LogP contribution in [-0.4, -0.2) is 65.3 Å². The summed E-state index contributed by atoms with van der Waals surface area (Å²) in [6.45, 7) is 1.64. The predicted octanol–water partition coefficient (Wildman–Crippen LogP) is 2.74. The number of rotatable bonds is 4. The Morgan fingerprint density at radius 2 is 1.78 bits per heavy atom. The predicted molar refractivity (Wildman–Crippen MR) is 97.8 cm³/mol. The van der Waals surface area contributed by atoms with E-state index in [-0.39, 0.29) is 30.0 Å². The Morgan fingerprint density at radius 3 is 2.37 bits per heavy atom. The van der Waals surface area contributed by atoms with E-state index >= 15 is 0 Å². The van der Waals surface area contributed by atoms with Crippen molar-refractivity contribution >= 4 is 11.8 Å². The van der Waals surface area contributed by atoms with Crippen LogP contribution in [0.3, 0.4) is 0 Å². The molecule has 1 aliphatic carbocycles. The fourth-order valence-electron chi connectivity index (χ4n) is 3.95. The van der Waals surface area contributed by atoms with E-state index in [2.05, 4.69) is 20.2 Å². The second-order valence-electron chi connectivity index (χ2n) is 7.70. The maximum Gasteiger partial charge on any atom is 0.433 e. The van der Waals surface area contributed by atoms with Crippen molar-refractivity contribution in [3.05, 3.63) is 11.8 Å². The van der Waals surface area contributed by atoms with Crippen LogP contribution in [0, 0.1) is 0 Å². The fourth-order valence-corrected chi connectivity index (χ4v) is 3.95. The first-order chi connectivity index (χ1) is 12.7. The number of likely N-dealkylation sites (tertiary alicyclic amines) is 1. The highest BCUT2D eigenvalue weighted by Crippen LogP contribution is 2.31. The second kappa shape index (κ2) is 8.18. The lowest BCUT2D eigenvalue weighted by molar-refractivity contribution is -0.141. The summed E-state index contributed by atoms with van der Waals surface area (Å²) in [7, 11) is 3.31. The zero-order valence-electron chi connectivity index (χ0n) is 15.8. The van der Waals surface area contributed by atoms with Gasteiger partial charge in [0.25, 0.3) is 0 Å². The fraction of sp³-hybridized carbons (Fsp3) is 0.778. The first-order valence-corrected chi connectivity index (χ1v) is 9.56. The third-order valence-electron chi connectivity index (χ3n) is 5.49. The first kappa shape index (κ1) is 20.1. The minimum absolute atomic E-state index is 0.0182. The molecule has 1 saturated carbocycles. The summed E-state index contributed by atoms with van der Waals surface area (Å²) >= 11 is 0. The highest BCUT2D eigenvalue weighted by Gasteiger charge is 2.35. The van der Waals surface area contributed by atoms with Crippen molar-refractivity contribution in [2.45, 2.75) is 62.9 Å². The molecule has 1 saturated heterocycles. The average molecular weight is 387 g/mol. The number of alkyl halides is 3. The van der Waals surface area contributed by atoms with Crippen LogP contribution in [-0.2, 0) is 6.18 Å². The molecule has 152 valence electrons. The maximum atomic E-state index is 13.1. The smallest absolute Gasteiger partial charge is 0.391 e. The van der Waals surface area contributed by atoms with Crippen LogP contribution in [0.15, 0.2) is 6.07 Å². The molecule has 2 fully saturated rings. The average Bonchev–Trinajstić information content (AvgIpc) is 2.62. The Balaban J connectivity index is 1.64. The van der Waals surface area contributed by atoms with Crippen molar-refractivity contribution in [1.29, 1.82) is 0 Å². The summed E-state index contributed by atoms with van der Waals surface area (Å²) in [5, 5.41) is 13.3. The molecular weight excluding hydrogens is 359 g/mol. The van der Waals surface area contributed by atoms with Gasteiger partial charge in [0.05, 0.1) is 6.10 Å². The van der Waals surface area contributed by atoms with Crippen molar-refractivity contribution in [3.63, 3.8) is 0 Å². The molecule has 1 aromatic rings. The van der Waals surface area contributed by atoms with E-state index in [0.717, 1.165) is 57.7 Å². The van der Waals surface area contributed by atoms with E-state index in [0.29, 0.717) is 0 Å². The summed E-state index contributed by atoms with van der Waals surface area (Å²) in [5.41, 5.74) is -0.938. The molecule has 0 amide bonds. The van der Waals surface area contributed by atoms with E-state index in [9.17, 15) is 18.3 Å².